The van der Waals surface area contributed by atoms with Gasteiger partial charge in [-0.2, -0.15) is 0 Å². The summed E-state index contributed by atoms with van der Waals surface area (Å²) in [6.45, 7) is 0.782. The van der Waals surface area contributed by atoms with E-state index in [4.69, 9.17) is 31.5 Å². The highest BCUT2D eigenvalue weighted by atomic mass is 35.5. The van der Waals surface area contributed by atoms with E-state index in [0.717, 1.165) is 0 Å². The van der Waals surface area contributed by atoms with Crippen LogP contribution in [0.4, 0.5) is 5.69 Å². The summed E-state index contributed by atoms with van der Waals surface area (Å²) >= 11 is 5.89. The fourth-order valence-corrected chi connectivity index (χ4v) is 1.38. The minimum atomic E-state index is 0.0556. The summed E-state index contributed by atoms with van der Waals surface area (Å²) in [7, 11) is 0. The molecule has 0 saturated carbocycles. The second-order valence-corrected chi connectivity index (χ2v) is 3.99. The van der Waals surface area contributed by atoms with E-state index in [-0.39, 0.29) is 13.2 Å². The van der Waals surface area contributed by atoms with Gasteiger partial charge in [-0.25, -0.2) is 9.68 Å². The lowest BCUT2D eigenvalue weighted by Crippen LogP contribution is -2.25. The van der Waals surface area contributed by atoms with E-state index in [0.29, 0.717) is 36.8 Å². The molecule has 1 aromatic rings. The molecule has 0 radical (unpaired) electrons. The highest BCUT2D eigenvalue weighted by Gasteiger charge is 2.08. The normalized spacial score (nSPS) is 10.6. The number of hydrogen-bond donors (Lipinski definition) is 2. The van der Waals surface area contributed by atoms with Crippen LogP contribution in [0.3, 0.4) is 0 Å². The number of anilines is 1. The summed E-state index contributed by atoms with van der Waals surface area (Å²) in [4.78, 5) is 10.8. The maximum Gasteiger partial charge on any atom is 0.0962 e. The van der Waals surface area contributed by atoms with Crippen molar-refractivity contribution in [2.24, 2.45) is 0 Å². The Labute approximate surface area is 111 Å². The van der Waals surface area contributed by atoms with Gasteiger partial charge < -0.3 is 10.2 Å². The van der Waals surface area contributed by atoms with Crippen molar-refractivity contribution in [3.05, 3.63) is 29.3 Å². The van der Waals surface area contributed by atoms with Gasteiger partial charge in [0, 0.05) is 18.2 Å². The van der Waals surface area contributed by atoms with Crippen LogP contribution < -0.4 is 5.23 Å². The van der Waals surface area contributed by atoms with Gasteiger partial charge in [-0.1, -0.05) is 17.7 Å². The summed E-state index contributed by atoms with van der Waals surface area (Å²) in [6, 6.07) is 7.05. The quantitative estimate of drug-likeness (QED) is 0.531. The number of aliphatic hydroxyl groups excluding tert-OH is 2. The molecule has 0 heterocycles. The molecule has 0 saturated heterocycles. The largest absolute Gasteiger partial charge is 0.396 e. The molecule has 0 aliphatic rings. The molecule has 2 N–H and O–H groups in total. The molecular weight excluding hydrogens is 258 g/mol. The summed E-state index contributed by atoms with van der Waals surface area (Å²) < 4.78 is 0. The Hall–Kier alpha value is -0.850. The maximum absolute atomic E-state index is 8.71. The zero-order valence-electron chi connectivity index (χ0n) is 10.1. The Morgan fingerprint density at radius 1 is 1.06 bits per heavy atom. The number of nitrogens with zero attached hydrogens (tertiary/aromatic N) is 1. The second-order valence-electron chi connectivity index (χ2n) is 3.56. The topological polar surface area (TPSA) is 62.2 Å². The first-order valence-electron chi connectivity index (χ1n) is 5.81. The summed E-state index contributed by atoms with van der Waals surface area (Å²) in [5.74, 6) is 0. The molecule has 0 atom stereocenters. The zero-order valence-corrected chi connectivity index (χ0v) is 10.8. The van der Waals surface area contributed by atoms with Crippen molar-refractivity contribution in [3.8, 4) is 0 Å². The number of halogens is 1. The van der Waals surface area contributed by atoms with Gasteiger partial charge in [-0.3, -0.25) is 0 Å². The lowest BCUT2D eigenvalue weighted by atomic mass is 10.3. The fourth-order valence-electron chi connectivity index (χ4n) is 1.20. The molecular formula is C12H18ClNO4. The first-order chi connectivity index (χ1) is 8.77. The third-order valence-electron chi connectivity index (χ3n) is 2.04. The molecule has 1 rings (SSSR count). The molecule has 0 bridgehead atoms. The monoisotopic (exact) mass is 275 g/mol. The molecule has 1 aromatic carbocycles. The molecule has 0 aliphatic carbocycles. The third-order valence-corrected chi connectivity index (χ3v) is 2.28. The maximum atomic E-state index is 8.71. The van der Waals surface area contributed by atoms with Crippen LogP contribution in [0.1, 0.15) is 12.8 Å². The SMILES string of the molecule is OCCCON(OCCCO)c1cccc(Cl)c1. The van der Waals surface area contributed by atoms with Crippen LogP contribution in [0, 0.1) is 0 Å². The van der Waals surface area contributed by atoms with Crippen molar-refractivity contribution < 1.29 is 19.9 Å². The van der Waals surface area contributed by atoms with Crippen molar-refractivity contribution in [2.75, 3.05) is 31.7 Å². The lowest BCUT2D eigenvalue weighted by Gasteiger charge is -2.22. The van der Waals surface area contributed by atoms with Crippen LogP contribution in [0.5, 0.6) is 0 Å². The summed E-state index contributed by atoms with van der Waals surface area (Å²) in [5.41, 5.74) is 0.665. The van der Waals surface area contributed by atoms with E-state index in [2.05, 4.69) is 0 Å². The first kappa shape index (κ1) is 15.2. The van der Waals surface area contributed by atoms with Crippen molar-refractivity contribution in [3.63, 3.8) is 0 Å². The number of hydrogen-bond acceptors (Lipinski definition) is 5. The molecule has 0 amide bonds. The van der Waals surface area contributed by atoms with E-state index < -0.39 is 0 Å². The van der Waals surface area contributed by atoms with E-state index in [9.17, 15) is 0 Å². The van der Waals surface area contributed by atoms with Gasteiger partial charge in [0.15, 0.2) is 0 Å². The highest BCUT2D eigenvalue weighted by molar-refractivity contribution is 6.30. The van der Waals surface area contributed by atoms with E-state index in [1.165, 1.54) is 5.23 Å². The van der Waals surface area contributed by atoms with Gasteiger partial charge >= 0.3 is 0 Å². The minimum absolute atomic E-state index is 0.0556. The molecule has 18 heavy (non-hydrogen) atoms. The second kappa shape index (κ2) is 9.13. The summed E-state index contributed by atoms with van der Waals surface area (Å²) in [5, 5.41) is 19.3. The zero-order chi connectivity index (χ0) is 13.2. The predicted molar refractivity (Wildman–Crippen MR) is 69.2 cm³/mol. The third kappa shape index (κ3) is 5.66. The van der Waals surface area contributed by atoms with Gasteiger partial charge in [0.05, 0.1) is 18.9 Å². The highest BCUT2D eigenvalue weighted by Crippen LogP contribution is 2.20. The van der Waals surface area contributed by atoms with Crippen LogP contribution in [0.25, 0.3) is 0 Å². The molecule has 0 aliphatic heterocycles. The molecule has 0 fully saturated rings. The number of benzene rings is 1. The Kier molecular flexibility index (Phi) is 7.71. The van der Waals surface area contributed by atoms with Gasteiger partial charge in [0.2, 0.25) is 0 Å². The Morgan fingerprint density at radius 3 is 2.17 bits per heavy atom. The fraction of sp³-hybridized carbons (Fsp3) is 0.500. The Morgan fingerprint density at radius 2 is 1.67 bits per heavy atom. The van der Waals surface area contributed by atoms with Crippen LogP contribution in [0.2, 0.25) is 5.02 Å². The van der Waals surface area contributed by atoms with Crippen LogP contribution in [0.15, 0.2) is 24.3 Å². The smallest absolute Gasteiger partial charge is 0.0962 e. The van der Waals surface area contributed by atoms with Crippen LogP contribution in [-0.4, -0.2) is 36.6 Å². The average Bonchev–Trinajstić information content (AvgIpc) is 2.37. The van der Waals surface area contributed by atoms with Crippen molar-refractivity contribution >= 4 is 17.3 Å². The van der Waals surface area contributed by atoms with Gasteiger partial charge in [0.1, 0.15) is 0 Å². The molecule has 0 spiro atoms. The summed E-state index contributed by atoms with van der Waals surface area (Å²) in [6.07, 6.45) is 1.03. The molecule has 0 unspecified atom stereocenters. The van der Waals surface area contributed by atoms with Gasteiger partial charge in [-0.15, -0.1) is 5.23 Å². The van der Waals surface area contributed by atoms with Crippen molar-refractivity contribution in [1.29, 1.82) is 0 Å². The van der Waals surface area contributed by atoms with E-state index in [1.807, 2.05) is 0 Å². The van der Waals surface area contributed by atoms with Gasteiger partial charge in [0.25, 0.3) is 0 Å². The standard InChI is InChI=1S/C12H18ClNO4/c13-11-4-1-5-12(10-11)14(17-8-2-6-15)18-9-3-7-16/h1,4-5,10,15-16H,2-3,6-9H2. The molecule has 5 nitrogen and oxygen atoms in total. The Bertz CT molecular complexity index is 328. The molecule has 102 valence electrons. The van der Waals surface area contributed by atoms with Crippen LogP contribution in [-0.2, 0) is 9.68 Å². The van der Waals surface area contributed by atoms with Crippen molar-refractivity contribution in [2.45, 2.75) is 12.8 Å². The van der Waals surface area contributed by atoms with Crippen LogP contribution >= 0.6 is 11.6 Å². The number of aliphatic hydroxyl groups is 2. The van der Waals surface area contributed by atoms with Gasteiger partial charge in [-0.05, 0) is 31.0 Å². The predicted octanol–water partition coefficient (Wildman–Crippen LogP) is 1.77. The first-order valence-corrected chi connectivity index (χ1v) is 6.19. The lowest BCUT2D eigenvalue weighted by molar-refractivity contribution is -0.0940. The Balaban J connectivity index is 2.57. The average molecular weight is 276 g/mol. The van der Waals surface area contributed by atoms with E-state index >= 15 is 0 Å². The minimum Gasteiger partial charge on any atom is -0.396 e. The molecule has 6 heteroatoms. The van der Waals surface area contributed by atoms with Crippen molar-refractivity contribution in [1.82, 2.24) is 0 Å². The molecule has 0 aromatic heterocycles. The number of rotatable bonds is 9. The van der Waals surface area contributed by atoms with E-state index in [1.54, 1.807) is 24.3 Å².